The number of thiophene rings is 1. The molecule has 162 valence electrons. The molecule has 8 heteroatoms. The van der Waals surface area contributed by atoms with Crippen LogP contribution in [0.15, 0.2) is 29.4 Å². The van der Waals surface area contributed by atoms with E-state index in [0.29, 0.717) is 0 Å². The van der Waals surface area contributed by atoms with Gasteiger partial charge < -0.3 is 10.2 Å². The number of nitrogens with one attached hydrogen (secondary N) is 1. The Morgan fingerprint density at radius 2 is 2.00 bits per heavy atom. The number of rotatable bonds is 3. The molecular formula is C23H25FN4OS2. The van der Waals surface area contributed by atoms with Crippen LogP contribution in [0.4, 0.5) is 10.2 Å². The molecule has 0 bridgehead atoms. The van der Waals surface area contributed by atoms with E-state index in [1.54, 1.807) is 35.5 Å². The van der Waals surface area contributed by atoms with Crippen molar-refractivity contribution in [2.45, 2.75) is 44.0 Å². The van der Waals surface area contributed by atoms with Crippen LogP contribution in [0.25, 0.3) is 10.2 Å². The maximum Gasteiger partial charge on any atom is 0.223 e. The number of nitrogens with zero attached hydrogens (tertiary/aromatic N) is 3. The third-order valence-electron chi connectivity index (χ3n) is 6.44. The van der Waals surface area contributed by atoms with Crippen LogP contribution >= 0.6 is 23.1 Å². The van der Waals surface area contributed by atoms with E-state index < -0.39 is 0 Å². The van der Waals surface area contributed by atoms with Crippen molar-refractivity contribution in [2.24, 2.45) is 5.92 Å². The molecule has 1 atom stereocenters. The predicted octanol–water partition coefficient (Wildman–Crippen LogP) is 5.02. The van der Waals surface area contributed by atoms with E-state index in [-0.39, 0.29) is 23.7 Å². The molecule has 31 heavy (non-hydrogen) atoms. The summed E-state index contributed by atoms with van der Waals surface area (Å²) in [5, 5.41) is 4.35. The molecule has 2 aliphatic heterocycles. The second-order valence-corrected chi connectivity index (χ2v) is 10.6. The van der Waals surface area contributed by atoms with Gasteiger partial charge in [-0.3, -0.25) is 4.79 Å². The first kappa shape index (κ1) is 20.7. The fraction of sp³-hybridized carbons (Fsp3) is 0.435. The average molecular weight is 457 g/mol. The molecule has 0 spiro atoms. The van der Waals surface area contributed by atoms with Crippen LogP contribution in [-0.4, -0.2) is 34.7 Å². The van der Waals surface area contributed by atoms with Gasteiger partial charge in [0.2, 0.25) is 5.91 Å². The van der Waals surface area contributed by atoms with Gasteiger partial charge in [0.05, 0.1) is 11.4 Å². The molecule has 1 aromatic carbocycles. The summed E-state index contributed by atoms with van der Waals surface area (Å²) in [6, 6.07) is 4.78. The van der Waals surface area contributed by atoms with Gasteiger partial charge in [0.15, 0.2) is 0 Å². The molecule has 1 amide bonds. The summed E-state index contributed by atoms with van der Waals surface area (Å²) < 4.78 is 13.8. The molecule has 1 N–H and O–H groups in total. The maximum absolute atomic E-state index is 13.8. The number of hydrogen-bond acceptors (Lipinski definition) is 6. The van der Waals surface area contributed by atoms with Crippen molar-refractivity contribution >= 4 is 45.0 Å². The molecule has 5 rings (SSSR count). The summed E-state index contributed by atoms with van der Waals surface area (Å²) in [7, 11) is 0. The molecule has 1 unspecified atom stereocenters. The van der Waals surface area contributed by atoms with Gasteiger partial charge in [-0.1, -0.05) is 0 Å². The molecular weight excluding hydrogens is 431 g/mol. The minimum absolute atomic E-state index is 0.0227. The largest absolute Gasteiger partial charge is 0.356 e. The molecule has 2 aliphatic rings. The lowest BCUT2D eigenvalue weighted by Gasteiger charge is -2.34. The Bertz CT molecular complexity index is 1140. The maximum atomic E-state index is 13.8. The Hall–Kier alpha value is -2.19. The average Bonchev–Trinajstić information content (AvgIpc) is 3.08. The van der Waals surface area contributed by atoms with Crippen LogP contribution in [0, 0.1) is 25.6 Å². The summed E-state index contributed by atoms with van der Waals surface area (Å²) in [6.07, 6.45) is 4.05. The zero-order chi connectivity index (χ0) is 21.5. The number of halogens is 1. The number of benzene rings is 1. The SMILES string of the molecule is Cc1sc2ncnc(N3CCC(C(=O)NC4CCSc5ccc(F)cc54)CC3)c2c1C. The third kappa shape index (κ3) is 3.91. The summed E-state index contributed by atoms with van der Waals surface area (Å²) in [5.41, 5.74) is 2.16. The van der Waals surface area contributed by atoms with E-state index in [0.717, 1.165) is 64.6 Å². The van der Waals surface area contributed by atoms with Gasteiger partial charge in [-0.2, -0.15) is 0 Å². The van der Waals surface area contributed by atoms with Crippen LogP contribution < -0.4 is 10.2 Å². The highest BCUT2D eigenvalue weighted by Crippen LogP contribution is 2.38. The highest BCUT2D eigenvalue weighted by atomic mass is 32.2. The van der Waals surface area contributed by atoms with Crippen molar-refractivity contribution in [2.75, 3.05) is 23.7 Å². The molecule has 4 heterocycles. The van der Waals surface area contributed by atoms with Gasteiger partial charge in [-0.15, -0.1) is 23.1 Å². The minimum atomic E-state index is -0.246. The monoisotopic (exact) mass is 456 g/mol. The molecule has 0 saturated carbocycles. The number of piperidine rings is 1. The van der Waals surface area contributed by atoms with Gasteiger partial charge >= 0.3 is 0 Å². The van der Waals surface area contributed by atoms with E-state index in [1.165, 1.54) is 16.5 Å². The van der Waals surface area contributed by atoms with E-state index in [1.807, 2.05) is 6.07 Å². The van der Waals surface area contributed by atoms with Crippen LogP contribution in [0.1, 0.15) is 41.3 Å². The van der Waals surface area contributed by atoms with Crippen molar-refractivity contribution in [3.05, 3.63) is 46.3 Å². The number of thioether (sulfide) groups is 1. The Labute approximate surface area is 189 Å². The minimum Gasteiger partial charge on any atom is -0.356 e. The number of amides is 1. The Balaban J connectivity index is 1.27. The molecule has 1 saturated heterocycles. The molecule has 3 aromatic rings. The molecule has 0 aliphatic carbocycles. The highest BCUT2D eigenvalue weighted by Gasteiger charge is 2.30. The van der Waals surface area contributed by atoms with E-state index in [9.17, 15) is 9.18 Å². The van der Waals surface area contributed by atoms with Crippen molar-refractivity contribution in [3.8, 4) is 0 Å². The number of aryl methyl sites for hydroxylation is 2. The second-order valence-electron chi connectivity index (χ2n) is 8.30. The van der Waals surface area contributed by atoms with Crippen LogP contribution in [0.5, 0.6) is 0 Å². The van der Waals surface area contributed by atoms with Crippen molar-refractivity contribution in [1.29, 1.82) is 0 Å². The van der Waals surface area contributed by atoms with Gasteiger partial charge in [-0.25, -0.2) is 14.4 Å². The lowest BCUT2D eigenvalue weighted by atomic mass is 9.94. The van der Waals surface area contributed by atoms with E-state index in [2.05, 4.69) is 34.0 Å². The molecule has 2 aromatic heterocycles. The number of hydrogen-bond donors (Lipinski definition) is 1. The second kappa shape index (κ2) is 8.39. The summed E-state index contributed by atoms with van der Waals surface area (Å²) >= 11 is 3.44. The molecule has 5 nitrogen and oxygen atoms in total. The molecule has 0 radical (unpaired) electrons. The van der Waals surface area contributed by atoms with Crippen molar-refractivity contribution < 1.29 is 9.18 Å². The Morgan fingerprint density at radius 1 is 1.19 bits per heavy atom. The fourth-order valence-electron chi connectivity index (χ4n) is 4.56. The quantitative estimate of drug-likeness (QED) is 0.600. The zero-order valence-corrected chi connectivity index (χ0v) is 19.3. The number of carbonyl (C=O) groups is 1. The first-order chi connectivity index (χ1) is 15.0. The summed E-state index contributed by atoms with van der Waals surface area (Å²) in [5.74, 6) is 1.74. The zero-order valence-electron chi connectivity index (χ0n) is 17.7. The van der Waals surface area contributed by atoms with Gasteiger partial charge in [0, 0.05) is 34.5 Å². The number of fused-ring (bicyclic) bond motifs is 2. The Morgan fingerprint density at radius 3 is 2.81 bits per heavy atom. The van der Waals surface area contributed by atoms with Crippen molar-refractivity contribution in [3.63, 3.8) is 0 Å². The van der Waals surface area contributed by atoms with Crippen LogP contribution in [0.2, 0.25) is 0 Å². The van der Waals surface area contributed by atoms with Crippen molar-refractivity contribution in [1.82, 2.24) is 15.3 Å². The van der Waals surface area contributed by atoms with Gasteiger partial charge in [0.25, 0.3) is 0 Å². The van der Waals surface area contributed by atoms with E-state index in [4.69, 9.17) is 0 Å². The van der Waals surface area contributed by atoms with Gasteiger partial charge in [-0.05, 0) is 62.4 Å². The predicted molar refractivity (Wildman–Crippen MR) is 124 cm³/mol. The first-order valence-electron chi connectivity index (χ1n) is 10.7. The number of anilines is 1. The highest BCUT2D eigenvalue weighted by molar-refractivity contribution is 7.99. The number of carbonyl (C=O) groups excluding carboxylic acids is 1. The first-order valence-corrected chi connectivity index (χ1v) is 12.5. The van der Waals surface area contributed by atoms with Crippen LogP contribution in [0.3, 0.4) is 0 Å². The lowest BCUT2D eigenvalue weighted by Crippen LogP contribution is -2.42. The molecule has 1 fully saturated rings. The standard InChI is InChI=1S/C23H25FN4OS2/c1-13-14(2)31-23-20(13)21(25-12-26-23)28-8-5-15(6-9-28)22(29)27-18-7-10-30-19-4-3-16(24)11-17(18)19/h3-4,11-12,15,18H,5-10H2,1-2H3,(H,27,29). The fourth-order valence-corrected chi connectivity index (χ4v) is 6.66. The van der Waals surface area contributed by atoms with E-state index >= 15 is 0 Å². The number of aromatic nitrogens is 2. The third-order valence-corrected chi connectivity index (χ3v) is 8.68. The lowest BCUT2D eigenvalue weighted by molar-refractivity contribution is -0.126. The smallest absolute Gasteiger partial charge is 0.223 e. The Kier molecular flexibility index (Phi) is 5.60. The topological polar surface area (TPSA) is 58.1 Å². The normalized spacial score (nSPS) is 19.5. The van der Waals surface area contributed by atoms with Gasteiger partial charge in [0.1, 0.15) is 22.8 Å². The summed E-state index contributed by atoms with van der Waals surface area (Å²) in [6.45, 7) is 5.84. The summed E-state index contributed by atoms with van der Waals surface area (Å²) in [4.78, 5) is 27.7. The van der Waals surface area contributed by atoms with Crippen LogP contribution in [-0.2, 0) is 4.79 Å².